The molecular weight excluding hydrogens is 326 g/mol. The molecule has 2 atom stereocenters. The first-order valence-corrected chi connectivity index (χ1v) is 8.33. The van der Waals surface area contributed by atoms with Gasteiger partial charge in [0, 0.05) is 13.2 Å². The molecule has 0 radical (unpaired) electrons. The third-order valence-electron chi connectivity index (χ3n) is 4.18. The van der Waals surface area contributed by atoms with Gasteiger partial charge in [-0.25, -0.2) is 9.59 Å². The van der Waals surface area contributed by atoms with E-state index in [-0.39, 0.29) is 0 Å². The molecule has 0 amide bonds. The monoisotopic (exact) mass is 353 g/mol. The smallest absolute Gasteiger partial charge is 0.414 e. The van der Waals surface area contributed by atoms with E-state index in [1.54, 1.807) is 7.11 Å². The number of methoxy groups -OCH3 is 2. The molecule has 0 saturated heterocycles. The van der Waals surface area contributed by atoms with Crippen LogP contribution in [0.15, 0.2) is 24.3 Å². The highest BCUT2D eigenvalue weighted by atomic mass is 16.5. The van der Waals surface area contributed by atoms with Crippen molar-refractivity contribution in [2.45, 2.75) is 44.2 Å². The lowest BCUT2D eigenvalue weighted by molar-refractivity contribution is -0.159. The van der Waals surface area contributed by atoms with E-state index < -0.39 is 11.9 Å². The molecule has 1 fully saturated rings. The molecule has 0 bridgehead atoms. The van der Waals surface area contributed by atoms with Gasteiger partial charge < -0.3 is 25.0 Å². The molecule has 0 aromatic heterocycles. The summed E-state index contributed by atoms with van der Waals surface area (Å²) in [5.74, 6) is -2.67. The molecule has 1 aromatic rings. The van der Waals surface area contributed by atoms with Gasteiger partial charge in [-0.2, -0.15) is 0 Å². The van der Waals surface area contributed by atoms with Gasteiger partial charge in [0.25, 0.3) is 0 Å². The highest BCUT2D eigenvalue weighted by Crippen LogP contribution is 2.21. The van der Waals surface area contributed by atoms with Gasteiger partial charge in [0.15, 0.2) is 0 Å². The summed E-state index contributed by atoms with van der Waals surface area (Å²) in [6.07, 6.45) is 6.39. The van der Waals surface area contributed by atoms with Crippen LogP contribution >= 0.6 is 0 Å². The van der Waals surface area contributed by atoms with Crippen LogP contribution in [0.5, 0.6) is 5.75 Å². The Hall–Kier alpha value is -2.12. The van der Waals surface area contributed by atoms with Crippen molar-refractivity contribution in [3.63, 3.8) is 0 Å². The summed E-state index contributed by atoms with van der Waals surface area (Å²) in [6.45, 7) is 0.977. The average Bonchev–Trinajstić information content (AvgIpc) is 2.63. The van der Waals surface area contributed by atoms with Crippen LogP contribution in [0.1, 0.15) is 31.2 Å². The number of aliphatic carboxylic acids is 2. The molecule has 2 unspecified atom stereocenters. The van der Waals surface area contributed by atoms with Gasteiger partial charge in [0.05, 0.1) is 13.2 Å². The molecule has 140 valence electrons. The van der Waals surface area contributed by atoms with E-state index in [0.29, 0.717) is 12.1 Å². The molecule has 0 aliphatic heterocycles. The fourth-order valence-corrected chi connectivity index (χ4v) is 2.91. The summed E-state index contributed by atoms with van der Waals surface area (Å²) >= 11 is 0. The van der Waals surface area contributed by atoms with E-state index in [0.717, 1.165) is 18.7 Å². The summed E-state index contributed by atoms with van der Waals surface area (Å²) in [7, 11) is 3.55. The quantitative estimate of drug-likeness (QED) is 0.671. The molecule has 1 saturated carbocycles. The van der Waals surface area contributed by atoms with Crippen LogP contribution in [0.2, 0.25) is 0 Å². The van der Waals surface area contributed by atoms with Crippen LogP contribution in [0.25, 0.3) is 0 Å². The van der Waals surface area contributed by atoms with Crippen molar-refractivity contribution in [1.82, 2.24) is 5.32 Å². The van der Waals surface area contributed by atoms with Crippen LogP contribution in [0.4, 0.5) is 0 Å². The lowest BCUT2D eigenvalue weighted by atomic mass is 9.92. The summed E-state index contributed by atoms with van der Waals surface area (Å²) in [4.78, 5) is 18.2. The molecule has 0 spiro atoms. The number of para-hydroxylation sites is 1. The minimum absolute atomic E-state index is 0.381. The van der Waals surface area contributed by atoms with Crippen LogP contribution in [-0.2, 0) is 20.7 Å². The molecule has 7 nitrogen and oxygen atoms in total. The van der Waals surface area contributed by atoms with Gasteiger partial charge in [0.2, 0.25) is 0 Å². The van der Waals surface area contributed by atoms with Gasteiger partial charge in [0.1, 0.15) is 5.75 Å². The highest BCUT2D eigenvalue weighted by Gasteiger charge is 2.23. The van der Waals surface area contributed by atoms with Crippen molar-refractivity contribution in [1.29, 1.82) is 0 Å². The molecule has 25 heavy (non-hydrogen) atoms. The third-order valence-corrected chi connectivity index (χ3v) is 4.18. The number of nitrogens with one attached hydrogen (secondary N) is 1. The Balaban J connectivity index is 0.000000450. The van der Waals surface area contributed by atoms with Crippen molar-refractivity contribution in [2.75, 3.05) is 20.8 Å². The van der Waals surface area contributed by atoms with Crippen LogP contribution in [0.3, 0.4) is 0 Å². The average molecular weight is 353 g/mol. The van der Waals surface area contributed by atoms with Gasteiger partial charge in [-0.05, 0) is 37.4 Å². The van der Waals surface area contributed by atoms with E-state index in [1.165, 1.54) is 31.2 Å². The van der Waals surface area contributed by atoms with Crippen molar-refractivity contribution in [3.05, 3.63) is 29.8 Å². The zero-order valence-electron chi connectivity index (χ0n) is 14.7. The molecule has 2 rings (SSSR count). The first-order valence-electron chi connectivity index (χ1n) is 8.33. The number of carbonyl (C=O) groups is 2. The maximum absolute atomic E-state index is 9.10. The van der Waals surface area contributed by atoms with E-state index in [1.807, 2.05) is 19.2 Å². The molecule has 1 aromatic carbocycles. The fourth-order valence-electron chi connectivity index (χ4n) is 2.91. The lowest BCUT2D eigenvalue weighted by Crippen LogP contribution is -2.43. The molecule has 3 N–H and O–H groups in total. The summed E-state index contributed by atoms with van der Waals surface area (Å²) in [5.41, 5.74) is 1.27. The number of hydrogen-bond acceptors (Lipinski definition) is 5. The second-order valence-corrected chi connectivity index (χ2v) is 5.79. The maximum Gasteiger partial charge on any atom is 0.414 e. The summed E-state index contributed by atoms with van der Waals surface area (Å²) in [6, 6.07) is 8.74. The van der Waals surface area contributed by atoms with Crippen molar-refractivity contribution in [3.8, 4) is 5.75 Å². The lowest BCUT2D eigenvalue weighted by Gasteiger charge is -2.31. The Kier molecular flexibility index (Phi) is 9.57. The zero-order valence-corrected chi connectivity index (χ0v) is 14.7. The number of benzene rings is 1. The molecule has 7 heteroatoms. The fraction of sp³-hybridized carbons (Fsp3) is 0.556. The molecule has 0 heterocycles. The second kappa shape index (κ2) is 11.4. The largest absolute Gasteiger partial charge is 0.496 e. The van der Waals surface area contributed by atoms with Gasteiger partial charge >= 0.3 is 11.9 Å². The number of carboxylic acid groups (broad SMARTS) is 2. The van der Waals surface area contributed by atoms with E-state index in [4.69, 9.17) is 29.3 Å². The van der Waals surface area contributed by atoms with Crippen molar-refractivity contribution < 1.29 is 29.3 Å². The molecule has 1 aliphatic carbocycles. The summed E-state index contributed by atoms with van der Waals surface area (Å²) < 4.78 is 10.9. The first-order chi connectivity index (χ1) is 12.0. The molecular formula is C18H27NO6. The van der Waals surface area contributed by atoms with Crippen molar-refractivity contribution >= 4 is 11.9 Å². The number of carboxylic acids is 2. The predicted molar refractivity (Wildman–Crippen MR) is 93.0 cm³/mol. The van der Waals surface area contributed by atoms with Crippen LogP contribution in [0, 0.1) is 0 Å². The highest BCUT2D eigenvalue weighted by molar-refractivity contribution is 6.27. The normalized spacial score (nSPS) is 19.4. The van der Waals surface area contributed by atoms with Gasteiger partial charge in [-0.15, -0.1) is 0 Å². The van der Waals surface area contributed by atoms with E-state index in [9.17, 15) is 0 Å². The predicted octanol–water partition coefficient (Wildman–Crippen LogP) is 1.94. The molecule has 1 aliphatic rings. The minimum atomic E-state index is -1.82. The van der Waals surface area contributed by atoms with Crippen LogP contribution in [-0.4, -0.2) is 55.1 Å². The van der Waals surface area contributed by atoms with Gasteiger partial charge in [-0.1, -0.05) is 31.0 Å². The number of rotatable bonds is 6. The Morgan fingerprint density at radius 3 is 2.36 bits per heavy atom. The number of ether oxygens (including phenoxy) is 2. The standard InChI is InChI=1S/C16H25NO2.C2H2O4/c1-18-15-9-5-3-7-13(15)11-12-17-14-8-4-6-10-16(14)19-2;3-1(4)2(5)6/h3,5,7,9,14,16-17H,4,6,8,10-12H2,1-2H3;(H,3,4)(H,5,6). The Morgan fingerprint density at radius 2 is 1.76 bits per heavy atom. The SMILES string of the molecule is COc1ccccc1CCNC1CCCCC1OC.O=C(O)C(=O)O. The third kappa shape index (κ3) is 7.53. The van der Waals surface area contributed by atoms with Gasteiger partial charge in [-0.3, -0.25) is 0 Å². The minimum Gasteiger partial charge on any atom is -0.496 e. The Morgan fingerprint density at radius 1 is 1.12 bits per heavy atom. The zero-order chi connectivity index (χ0) is 18.7. The maximum atomic E-state index is 9.10. The van der Waals surface area contributed by atoms with Crippen LogP contribution < -0.4 is 10.1 Å². The topological polar surface area (TPSA) is 105 Å². The number of hydrogen-bond donors (Lipinski definition) is 3. The van der Waals surface area contributed by atoms with E-state index >= 15 is 0 Å². The first kappa shape index (κ1) is 20.9. The van der Waals surface area contributed by atoms with E-state index in [2.05, 4.69) is 17.4 Å². The summed E-state index contributed by atoms with van der Waals surface area (Å²) in [5, 5.41) is 18.4. The second-order valence-electron chi connectivity index (χ2n) is 5.79. The van der Waals surface area contributed by atoms with Crippen molar-refractivity contribution in [2.24, 2.45) is 0 Å². The Bertz CT molecular complexity index is 536. The Labute approximate surface area is 147 Å².